The first-order valence-corrected chi connectivity index (χ1v) is 5.92. The van der Waals surface area contributed by atoms with Gasteiger partial charge in [0.15, 0.2) is 0 Å². The first-order chi connectivity index (χ1) is 5.74. The third-order valence-corrected chi connectivity index (χ3v) is 2.74. The van der Waals surface area contributed by atoms with Crippen molar-refractivity contribution in [3.05, 3.63) is 0 Å². The molecule has 1 fully saturated rings. The van der Waals surface area contributed by atoms with Gasteiger partial charge in [0.25, 0.3) is 0 Å². The van der Waals surface area contributed by atoms with Crippen molar-refractivity contribution in [2.75, 3.05) is 12.0 Å². The summed E-state index contributed by atoms with van der Waals surface area (Å²) in [7, 11) is 0. The van der Waals surface area contributed by atoms with Gasteiger partial charge in [-0.1, -0.05) is 0 Å². The Labute approximate surface area is 78.5 Å². The highest BCUT2D eigenvalue weighted by molar-refractivity contribution is 7.98. The van der Waals surface area contributed by atoms with Crippen LogP contribution in [0.2, 0.25) is 0 Å². The summed E-state index contributed by atoms with van der Waals surface area (Å²) < 4.78 is 0. The summed E-state index contributed by atoms with van der Waals surface area (Å²) in [5.74, 6) is 1.75. The molecule has 2 nitrogen and oxygen atoms in total. The Morgan fingerprint density at radius 3 is 2.83 bits per heavy atom. The number of hydrogen-bond acceptors (Lipinski definition) is 2. The van der Waals surface area contributed by atoms with E-state index in [0.717, 1.165) is 25.0 Å². The van der Waals surface area contributed by atoms with Crippen LogP contribution in [0, 0.1) is 5.92 Å². The number of carbonyl (C=O) groups is 1. The molecule has 1 unspecified atom stereocenters. The number of hydrogen-bond donors (Lipinski definition) is 1. The van der Waals surface area contributed by atoms with Gasteiger partial charge in [-0.05, 0) is 38.2 Å². The van der Waals surface area contributed by atoms with Gasteiger partial charge in [0, 0.05) is 12.0 Å². The minimum atomic E-state index is 0.267. The Hall–Kier alpha value is -0.180. The monoisotopic (exact) mass is 187 g/mol. The smallest absolute Gasteiger partial charge is 0.223 e. The minimum Gasteiger partial charge on any atom is -0.353 e. The van der Waals surface area contributed by atoms with Crippen LogP contribution in [0.15, 0.2) is 0 Å². The first-order valence-electron chi connectivity index (χ1n) is 4.53. The lowest BCUT2D eigenvalue weighted by Crippen LogP contribution is -2.33. The second-order valence-electron chi connectivity index (χ2n) is 3.47. The number of thioether (sulfide) groups is 1. The van der Waals surface area contributed by atoms with Crippen LogP contribution >= 0.6 is 11.8 Å². The van der Waals surface area contributed by atoms with Crippen molar-refractivity contribution in [2.45, 2.75) is 32.2 Å². The fourth-order valence-corrected chi connectivity index (χ4v) is 1.66. The van der Waals surface area contributed by atoms with Crippen molar-refractivity contribution >= 4 is 17.7 Å². The predicted octanol–water partition coefficient (Wildman–Crippen LogP) is 1.65. The standard InChI is InChI=1S/C9H17NOS/c1-7(5-6-12-2)10-9(11)8-3-4-8/h7-8H,3-6H2,1-2H3,(H,10,11). The van der Waals surface area contributed by atoms with Gasteiger partial charge in [0.05, 0.1) is 0 Å². The molecule has 0 heterocycles. The Morgan fingerprint density at radius 2 is 2.33 bits per heavy atom. The molecule has 0 aromatic carbocycles. The fourth-order valence-electron chi connectivity index (χ4n) is 1.07. The maximum absolute atomic E-state index is 11.3. The van der Waals surface area contributed by atoms with Crippen LogP contribution in [-0.2, 0) is 4.79 Å². The zero-order valence-electron chi connectivity index (χ0n) is 7.80. The molecule has 1 saturated carbocycles. The van der Waals surface area contributed by atoms with Gasteiger partial charge in [-0.25, -0.2) is 0 Å². The van der Waals surface area contributed by atoms with E-state index in [1.54, 1.807) is 0 Å². The van der Waals surface area contributed by atoms with E-state index >= 15 is 0 Å². The van der Waals surface area contributed by atoms with Gasteiger partial charge in [0.1, 0.15) is 0 Å². The van der Waals surface area contributed by atoms with Crippen LogP contribution in [0.25, 0.3) is 0 Å². The molecule has 1 amide bonds. The minimum absolute atomic E-state index is 0.267. The van der Waals surface area contributed by atoms with E-state index in [1.165, 1.54) is 0 Å². The lowest BCUT2D eigenvalue weighted by atomic mass is 10.2. The van der Waals surface area contributed by atoms with E-state index in [4.69, 9.17) is 0 Å². The first kappa shape index (κ1) is 9.90. The van der Waals surface area contributed by atoms with Crippen LogP contribution < -0.4 is 5.32 Å². The molecule has 1 N–H and O–H groups in total. The van der Waals surface area contributed by atoms with Crippen molar-refractivity contribution < 1.29 is 4.79 Å². The maximum Gasteiger partial charge on any atom is 0.223 e. The van der Waals surface area contributed by atoms with Gasteiger partial charge >= 0.3 is 0 Å². The highest BCUT2D eigenvalue weighted by Crippen LogP contribution is 2.28. The fraction of sp³-hybridized carbons (Fsp3) is 0.889. The summed E-state index contributed by atoms with van der Waals surface area (Å²) >= 11 is 1.83. The van der Waals surface area contributed by atoms with E-state index < -0.39 is 0 Å². The van der Waals surface area contributed by atoms with E-state index in [1.807, 2.05) is 11.8 Å². The Bertz CT molecular complexity index is 157. The van der Waals surface area contributed by atoms with Gasteiger partial charge in [-0.2, -0.15) is 11.8 Å². The SMILES string of the molecule is CSCCC(C)NC(=O)C1CC1. The molecule has 3 heteroatoms. The van der Waals surface area contributed by atoms with Crippen molar-refractivity contribution in [1.29, 1.82) is 0 Å². The molecular weight excluding hydrogens is 170 g/mol. The number of carbonyl (C=O) groups excluding carboxylic acids is 1. The summed E-state index contributed by atoms with van der Waals surface area (Å²) in [5, 5.41) is 3.02. The molecule has 0 aromatic rings. The average molecular weight is 187 g/mol. The molecule has 1 aliphatic rings. The molecule has 0 radical (unpaired) electrons. The van der Waals surface area contributed by atoms with E-state index in [9.17, 15) is 4.79 Å². The van der Waals surface area contributed by atoms with Crippen LogP contribution in [0.1, 0.15) is 26.2 Å². The van der Waals surface area contributed by atoms with Crippen molar-refractivity contribution in [2.24, 2.45) is 5.92 Å². The predicted molar refractivity (Wildman–Crippen MR) is 53.3 cm³/mol. The van der Waals surface area contributed by atoms with Gasteiger partial charge in [0.2, 0.25) is 5.91 Å². The van der Waals surface area contributed by atoms with Crippen LogP contribution in [0.5, 0.6) is 0 Å². The summed E-state index contributed by atoms with van der Waals surface area (Å²) in [6.45, 7) is 2.08. The quantitative estimate of drug-likeness (QED) is 0.709. The molecule has 1 aliphatic carbocycles. The topological polar surface area (TPSA) is 29.1 Å². The summed E-state index contributed by atoms with van der Waals surface area (Å²) in [4.78, 5) is 11.3. The largest absolute Gasteiger partial charge is 0.353 e. The second kappa shape index (κ2) is 4.75. The normalized spacial score (nSPS) is 18.8. The molecule has 1 rings (SSSR count). The van der Waals surface area contributed by atoms with Gasteiger partial charge in [-0.15, -0.1) is 0 Å². The number of amides is 1. The van der Waals surface area contributed by atoms with E-state index in [-0.39, 0.29) is 5.91 Å². The molecule has 0 aromatic heterocycles. The molecule has 12 heavy (non-hydrogen) atoms. The molecule has 0 saturated heterocycles. The van der Waals surface area contributed by atoms with Crippen LogP contribution in [0.3, 0.4) is 0 Å². The lowest BCUT2D eigenvalue weighted by molar-refractivity contribution is -0.122. The second-order valence-corrected chi connectivity index (χ2v) is 4.45. The Balaban J connectivity index is 2.07. The number of nitrogens with one attached hydrogen (secondary N) is 1. The summed E-state index contributed by atoms with van der Waals surface area (Å²) in [5.41, 5.74) is 0. The zero-order valence-corrected chi connectivity index (χ0v) is 8.62. The van der Waals surface area contributed by atoms with Gasteiger partial charge in [-0.3, -0.25) is 4.79 Å². The molecule has 1 atom stereocenters. The third-order valence-electron chi connectivity index (χ3n) is 2.09. The van der Waals surface area contributed by atoms with Crippen LogP contribution in [-0.4, -0.2) is 24.0 Å². The highest BCUT2D eigenvalue weighted by Gasteiger charge is 2.29. The maximum atomic E-state index is 11.3. The van der Waals surface area contributed by atoms with Crippen LogP contribution in [0.4, 0.5) is 0 Å². The zero-order chi connectivity index (χ0) is 8.97. The van der Waals surface area contributed by atoms with Crippen molar-refractivity contribution in [1.82, 2.24) is 5.32 Å². The molecule has 0 spiro atoms. The third kappa shape index (κ3) is 3.48. The molecule has 0 bridgehead atoms. The molecule has 70 valence electrons. The van der Waals surface area contributed by atoms with E-state index in [2.05, 4.69) is 18.5 Å². The average Bonchev–Trinajstić information content (AvgIpc) is 2.82. The summed E-state index contributed by atoms with van der Waals surface area (Å²) in [6.07, 6.45) is 5.37. The van der Waals surface area contributed by atoms with Gasteiger partial charge < -0.3 is 5.32 Å². The molecular formula is C9H17NOS. The van der Waals surface area contributed by atoms with Crippen molar-refractivity contribution in [3.8, 4) is 0 Å². The lowest BCUT2D eigenvalue weighted by Gasteiger charge is -2.12. The highest BCUT2D eigenvalue weighted by atomic mass is 32.2. The van der Waals surface area contributed by atoms with Crippen molar-refractivity contribution in [3.63, 3.8) is 0 Å². The molecule has 0 aliphatic heterocycles. The Kier molecular flexibility index (Phi) is 3.92. The number of rotatable bonds is 5. The Morgan fingerprint density at radius 1 is 1.67 bits per heavy atom. The van der Waals surface area contributed by atoms with E-state index in [0.29, 0.717) is 12.0 Å². The summed E-state index contributed by atoms with van der Waals surface area (Å²) in [6, 6.07) is 0.352.